The molecule has 0 spiro atoms. The van der Waals surface area contributed by atoms with Crippen molar-refractivity contribution in [3.63, 3.8) is 0 Å². The van der Waals surface area contributed by atoms with Crippen molar-refractivity contribution in [2.45, 2.75) is 19.8 Å². The minimum absolute atomic E-state index is 0.482. The van der Waals surface area contributed by atoms with Gasteiger partial charge in [-0.25, -0.2) is 4.98 Å². The third kappa shape index (κ3) is 3.41. The van der Waals surface area contributed by atoms with E-state index in [0.717, 1.165) is 13.0 Å². The maximum atomic E-state index is 5.99. The Morgan fingerprint density at radius 3 is 3.17 bits per heavy atom. The Bertz CT molecular complexity index is 382. The average Bonchev–Trinajstić information content (AvgIpc) is 2.89. The monoisotopic (exact) mass is 268 g/mol. The molecule has 0 aromatic carbocycles. The van der Waals surface area contributed by atoms with Crippen LogP contribution in [0.5, 0.6) is 5.88 Å². The molecule has 1 aliphatic heterocycles. The standard InChI is InChI=1S/C12H20N4OS/c1-2-4-17-12-10(13)11(15-8-16-12)14-6-9-3-5-18-7-9/h8-9H,2-7,13H2,1H3,(H,14,15,16). The van der Waals surface area contributed by atoms with Crippen LogP contribution in [0.15, 0.2) is 6.33 Å². The third-order valence-electron chi connectivity index (χ3n) is 2.87. The normalized spacial score (nSPS) is 18.8. The molecule has 1 atom stereocenters. The van der Waals surface area contributed by atoms with E-state index in [2.05, 4.69) is 15.3 Å². The number of nitrogens with zero attached hydrogens (tertiary/aromatic N) is 2. The molecular formula is C12H20N4OS. The Hall–Kier alpha value is -1.17. The number of aromatic nitrogens is 2. The molecule has 1 unspecified atom stereocenters. The Morgan fingerprint density at radius 1 is 1.56 bits per heavy atom. The zero-order chi connectivity index (χ0) is 12.8. The Kier molecular flexibility index (Phi) is 4.92. The molecule has 0 bridgehead atoms. The second kappa shape index (κ2) is 6.68. The van der Waals surface area contributed by atoms with Gasteiger partial charge in [0.05, 0.1) is 6.61 Å². The summed E-state index contributed by atoms with van der Waals surface area (Å²) in [7, 11) is 0. The smallest absolute Gasteiger partial charge is 0.242 e. The Labute approximate surface area is 112 Å². The van der Waals surface area contributed by atoms with Gasteiger partial charge in [0.25, 0.3) is 0 Å². The molecule has 100 valence electrons. The topological polar surface area (TPSA) is 73.1 Å². The molecule has 5 nitrogen and oxygen atoms in total. The molecule has 1 aromatic heterocycles. The third-order valence-corrected chi connectivity index (χ3v) is 4.10. The van der Waals surface area contributed by atoms with E-state index in [1.54, 1.807) is 0 Å². The fraction of sp³-hybridized carbons (Fsp3) is 0.667. The summed E-state index contributed by atoms with van der Waals surface area (Å²) in [4.78, 5) is 8.23. The summed E-state index contributed by atoms with van der Waals surface area (Å²) in [6.45, 7) is 3.59. The molecule has 0 aliphatic carbocycles. The van der Waals surface area contributed by atoms with Crippen LogP contribution in [0.2, 0.25) is 0 Å². The highest BCUT2D eigenvalue weighted by Gasteiger charge is 2.16. The lowest BCUT2D eigenvalue weighted by Crippen LogP contribution is -2.16. The Balaban J connectivity index is 1.94. The van der Waals surface area contributed by atoms with Crippen molar-refractivity contribution in [3.8, 4) is 5.88 Å². The van der Waals surface area contributed by atoms with Gasteiger partial charge in [0.1, 0.15) is 12.0 Å². The first-order chi connectivity index (χ1) is 8.81. The molecule has 1 fully saturated rings. The first-order valence-corrected chi connectivity index (χ1v) is 7.51. The van der Waals surface area contributed by atoms with Crippen LogP contribution in [0.3, 0.4) is 0 Å². The SMILES string of the molecule is CCCOc1ncnc(NCC2CCSC2)c1N. The van der Waals surface area contributed by atoms with Gasteiger partial charge in [-0.15, -0.1) is 0 Å². The van der Waals surface area contributed by atoms with Crippen molar-refractivity contribution < 1.29 is 4.74 Å². The van der Waals surface area contributed by atoms with Crippen LogP contribution in [-0.4, -0.2) is 34.6 Å². The van der Waals surface area contributed by atoms with E-state index >= 15 is 0 Å². The van der Waals surface area contributed by atoms with Crippen LogP contribution < -0.4 is 15.8 Å². The fourth-order valence-corrected chi connectivity index (χ4v) is 3.10. The summed E-state index contributed by atoms with van der Waals surface area (Å²) < 4.78 is 5.48. The number of thioether (sulfide) groups is 1. The van der Waals surface area contributed by atoms with Crippen molar-refractivity contribution in [2.75, 3.05) is 35.7 Å². The highest BCUT2D eigenvalue weighted by molar-refractivity contribution is 7.99. The molecule has 1 aromatic rings. The molecule has 18 heavy (non-hydrogen) atoms. The van der Waals surface area contributed by atoms with Gasteiger partial charge >= 0.3 is 0 Å². The number of hydrogen-bond donors (Lipinski definition) is 2. The van der Waals surface area contributed by atoms with Crippen LogP contribution in [0.1, 0.15) is 19.8 Å². The zero-order valence-electron chi connectivity index (χ0n) is 10.7. The average molecular weight is 268 g/mol. The number of nitrogen functional groups attached to an aromatic ring is 1. The number of rotatable bonds is 6. The molecule has 1 aliphatic rings. The lowest BCUT2D eigenvalue weighted by molar-refractivity contribution is 0.306. The van der Waals surface area contributed by atoms with Crippen LogP contribution in [0, 0.1) is 5.92 Å². The van der Waals surface area contributed by atoms with Crippen molar-refractivity contribution in [1.82, 2.24) is 9.97 Å². The molecule has 1 saturated heterocycles. The molecule has 6 heteroatoms. The lowest BCUT2D eigenvalue weighted by Gasteiger charge is -2.13. The summed E-state index contributed by atoms with van der Waals surface area (Å²) in [5.74, 6) is 4.36. The van der Waals surface area contributed by atoms with Gasteiger partial charge in [-0.3, -0.25) is 0 Å². The van der Waals surface area contributed by atoms with E-state index < -0.39 is 0 Å². The molecule has 0 radical (unpaired) electrons. The predicted molar refractivity (Wildman–Crippen MR) is 76.2 cm³/mol. The summed E-state index contributed by atoms with van der Waals surface area (Å²) in [6.07, 6.45) is 3.69. The van der Waals surface area contributed by atoms with E-state index in [-0.39, 0.29) is 0 Å². The highest BCUT2D eigenvalue weighted by atomic mass is 32.2. The van der Waals surface area contributed by atoms with Crippen LogP contribution in [-0.2, 0) is 0 Å². The zero-order valence-corrected chi connectivity index (χ0v) is 11.5. The van der Waals surface area contributed by atoms with Gasteiger partial charge in [-0.05, 0) is 30.3 Å². The van der Waals surface area contributed by atoms with Gasteiger partial charge in [-0.2, -0.15) is 16.7 Å². The molecule has 0 saturated carbocycles. The van der Waals surface area contributed by atoms with Gasteiger partial charge in [0, 0.05) is 6.54 Å². The maximum absolute atomic E-state index is 5.99. The fourth-order valence-electron chi connectivity index (χ4n) is 1.82. The summed E-state index contributed by atoms with van der Waals surface area (Å²) >= 11 is 2.01. The highest BCUT2D eigenvalue weighted by Crippen LogP contribution is 2.27. The number of anilines is 2. The minimum atomic E-state index is 0.482. The van der Waals surface area contributed by atoms with Crippen molar-refractivity contribution >= 4 is 23.3 Å². The first-order valence-electron chi connectivity index (χ1n) is 6.36. The number of nitrogens with two attached hydrogens (primary N) is 1. The van der Waals surface area contributed by atoms with Crippen molar-refractivity contribution in [1.29, 1.82) is 0 Å². The summed E-state index contributed by atoms with van der Waals surface area (Å²) in [6, 6.07) is 0. The largest absolute Gasteiger partial charge is 0.476 e. The van der Waals surface area contributed by atoms with Crippen molar-refractivity contribution in [2.24, 2.45) is 5.92 Å². The summed E-state index contributed by atoms with van der Waals surface area (Å²) in [5, 5.41) is 3.30. The lowest BCUT2D eigenvalue weighted by atomic mass is 10.1. The van der Waals surface area contributed by atoms with E-state index in [1.165, 1.54) is 24.3 Å². The van der Waals surface area contributed by atoms with Gasteiger partial charge in [0.2, 0.25) is 5.88 Å². The first kappa shape index (κ1) is 13.3. The quantitative estimate of drug-likeness (QED) is 0.822. The van der Waals surface area contributed by atoms with E-state index in [4.69, 9.17) is 10.5 Å². The molecule has 2 heterocycles. The second-order valence-corrected chi connectivity index (χ2v) is 5.55. The van der Waals surface area contributed by atoms with Crippen LogP contribution in [0.25, 0.3) is 0 Å². The Morgan fingerprint density at radius 2 is 2.44 bits per heavy atom. The minimum Gasteiger partial charge on any atom is -0.476 e. The van der Waals surface area contributed by atoms with E-state index in [1.807, 2.05) is 18.7 Å². The predicted octanol–water partition coefficient (Wildman–Crippen LogP) is 2.01. The second-order valence-electron chi connectivity index (χ2n) is 4.40. The van der Waals surface area contributed by atoms with Gasteiger partial charge < -0.3 is 15.8 Å². The number of ether oxygens (including phenoxy) is 1. The van der Waals surface area contributed by atoms with E-state index in [9.17, 15) is 0 Å². The van der Waals surface area contributed by atoms with Gasteiger partial charge in [0.15, 0.2) is 5.82 Å². The van der Waals surface area contributed by atoms with Crippen LogP contribution >= 0.6 is 11.8 Å². The van der Waals surface area contributed by atoms with Crippen molar-refractivity contribution in [3.05, 3.63) is 6.33 Å². The molecule has 2 rings (SSSR count). The number of hydrogen-bond acceptors (Lipinski definition) is 6. The van der Waals surface area contributed by atoms with E-state index in [0.29, 0.717) is 29.9 Å². The van der Waals surface area contributed by atoms with Crippen LogP contribution in [0.4, 0.5) is 11.5 Å². The molecule has 0 amide bonds. The van der Waals surface area contributed by atoms with Gasteiger partial charge in [-0.1, -0.05) is 6.92 Å². The molecule has 3 N–H and O–H groups in total. The number of nitrogens with one attached hydrogen (secondary N) is 1. The molecular weight excluding hydrogens is 248 g/mol. The summed E-state index contributed by atoms with van der Waals surface area (Å²) in [5.41, 5.74) is 6.50. The maximum Gasteiger partial charge on any atom is 0.242 e.